The van der Waals surface area contributed by atoms with Crippen molar-refractivity contribution in [2.75, 3.05) is 13.1 Å². The Morgan fingerprint density at radius 2 is 1.88 bits per heavy atom. The highest BCUT2D eigenvalue weighted by atomic mass is 16.2. The second kappa shape index (κ2) is 7.34. The van der Waals surface area contributed by atoms with Crippen molar-refractivity contribution in [3.8, 4) is 0 Å². The van der Waals surface area contributed by atoms with Gasteiger partial charge in [-0.25, -0.2) is 0 Å². The number of nitrogens with zero attached hydrogens (tertiary/aromatic N) is 1. The monoisotopic (exact) mass is 347 g/mol. The van der Waals surface area contributed by atoms with Crippen LogP contribution in [-0.4, -0.2) is 34.9 Å². The Hall–Kier alpha value is -2.59. The first-order valence-electron chi connectivity index (χ1n) is 9.37. The molecule has 1 aliphatic rings. The number of rotatable bonds is 5. The van der Waals surface area contributed by atoms with Crippen LogP contribution in [0.15, 0.2) is 54.7 Å². The number of aryl methyl sites for hydroxylation is 1. The van der Waals surface area contributed by atoms with Crippen LogP contribution in [-0.2, 0) is 24.1 Å². The zero-order valence-electron chi connectivity index (χ0n) is 14.9. The van der Waals surface area contributed by atoms with E-state index in [2.05, 4.69) is 35.3 Å². The number of fused-ring (bicyclic) bond motifs is 2. The number of benzene rings is 2. The predicted octanol–water partition coefficient (Wildman–Crippen LogP) is 3.06. The van der Waals surface area contributed by atoms with Crippen LogP contribution < -0.4 is 5.73 Å². The molecule has 0 radical (unpaired) electrons. The third kappa shape index (κ3) is 3.25. The highest BCUT2D eigenvalue weighted by molar-refractivity contribution is 5.89. The SMILES string of the molecule is NCCN(C(=O)Cc1c[nH]c2ccccc12)C1CCc2ccccc2C1. The maximum atomic E-state index is 13.1. The average molecular weight is 347 g/mol. The van der Waals surface area contributed by atoms with Crippen molar-refractivity contribution in [3.05, 3.63) is 71.4 Å². The van der Waals surface area contributed by atoms with Crippen LogP contribution in [0.5, 0.6) is 0 Å². The summed E-state index contributed by atoms with van der Waals surface area (Å²) < 4.78 is 0. The molecule has 4 heteroatoms. The minimum absolute atomic E-state index is 0.171. The molecule has 1 aliphatic carbocycles. The minimum atomic E-state index is 0.171. The van der Waals surface area contributed by atoms with E-state index >= 15 is 0 Å². The number of para-hydroxylation sites is 1. The number of carbonyl (C=O) groups excluding carboxylic acids is 1. The molecular weight excluding hydrogens is 322 g/mol. The molecule has 0 saturated heterocycles. The molecule has 26 heavy (non-hydrogen) atoms. The van der Waals surface area contributed by atoms with Crippen LogP contribution in [0.1, 0.15) is 23.1 Å². The van der Waals surface area contributed by atoms with Gasteiger partial charge in [0.15, 0.2) is 0 Å². The van der Waals surface area contributed by atoms with Crippen molar-refractivity contribution >= 4 is 16.8 Å². The Kier molecular flexibility index (Phi) is 4.76. The Bertz CT molecular complexity index is 914. The molecule has 3 aromatic rings. The van der Waals surface area contributed by atoms with Gasteiger partial charge >= 0.3 is 0 Å². The highest BCUT2D eigenvalue weighted by Gasteiger charge is 2.27. The summed E-state index contributed by atoms with van der Waals surface area (Å²) in [7, 11) is 0. The molecule has 1 unspecified atom stereocenters. The molecule has 0 bridgehead atoms. The molecule has 1 heterocycles. The summed E-state index contributed by atoms with van der Waals surface area (Å²) in [6, 6.07) is 16.9. The first-order valence-corrected chi connectivity index (χ1v) is 9.37. The molecule has 0 fully saturated rings. The number of hydrogen-bond acceptors (Lipinski definition) is 2. The normalized spacial score (nSPS) is 16.4. The van der Waals surface area contributed by atoms with Gasteiger partial charge in [-0.05, 0) is 42.0 Å². The fraction of sp³-hybridized carbons (Fsp3) is 0.318. The van der Waals surface area contributed by atoms with E-state index in [4.69, 9.17) is 5.73 Å². The lowest BCUT2D eigenvalue weighted by Crippen LogP contribution is -2.46. The van der Waals surface area contributed by atoms with E-state index in [0.717, 1.165) is 35.7 Å². The Morgan fingerprint density at radius 3 is 2.73 bits per heavy atom. The zero-order valence-corrected chi connectivity index (χ0v) is 14.9. The van der Waals surface area contributed by atoms with Gasteiger partial charge < -0.3 is 15.6 Å². The van der Waals surface area contributed by atoms with Crippen LogP contribution in [0.4, 0.5) is 0 Å². The van der Waals surface area contributed by atoms with E-state index in [0.29, 0.717) is 19.5 Å². The van der Waals surface area contributed by atoms with Gasteiger partial charge in [0.25, 0.3) is 0 Å². The molecule has 0 aliphatic heterocycles. The lowest BCUT2D eigenvalue weighted by molar-refractivity contribution is -0.132. The van der Waals surface area contributed by atoms with Crippen molar-refractivity contribution in [2.24, 2.45) is 5.73 Å². The number of carbonyl (C=O) groups is 1. The standard InChI is InChI=1S/C22H25N3O/c23-11-12-25(19-10-9-16-5-1-2-6-17(16)13-19)22(26)14-18-15-24-21-8-4-3-7-20(18)21/h1-8,15,19,24H,9-14,23H2. The maximum absolute atomic E-state index is 13.1. The molecular formula is C22H25N3O. The summed E-state index contributed by atoms with van der Waals surface area (Å²) in [5.41, 5.74) is 10.8. The lowest BCUT2D eigenvalue weighted by Gasteiger charge is -2.35. The van der Waals surface area contributed by atoms with Crippen LogP contribution in [0.3, 0.4) is 0 Å². The molecule has 0 saturated carbocycles. The molecule has 134 valence electrons. The minimum Gasteiger partial charge on any atom is -0.361 e. The number of nitrogens with two attached hydrogens (primary N) is 1. The van der Waals surface area contributed by atoms with Gasteiger partial charge in [0.1, 0.15) is 0 Å². The molecule has 4 rings (SSSR count). The van der Waals surface area contributed by atoms with Gasteiger partial charge in [-0.2, -0.15) is 0 Å². The molecule has 0 spiro atoms. The smallest absolute Gasteiger partial charge is 0.227 e. The van der Waals surface area contributed by atoms with E-state index in [9.17, 15) is 4.79 Å². The van der Waals surface area contributed by atoms with Crippen LogP contribution in [0.2, 0.25) is 0 Å². The number of amides is 1. The summed E-state index contributed by atoms with van der Waals surface area (Å²) in [6.07, 6.45) is 5.34. The molecule has 1 amide bonds. The van der Waals surface area contributed by atoms with Gasteiger partial charge in [0.05, 0.1) is 6.42 Å². The van der Waals surface area contributed by atoms with Crippen molar-refractivity contribution in [3.63, 3.8) is 0 Å². The third-order valence-corrected chi connectivity index (χ3v) is 5.47. The fourth-order valence-corrected chi connectivity index (χ4v) is 4.14. The molecule has 1 aromatic heterocycles. The average Bonchev–Trinajstić information content (AvgIpc) is 3.08. The van der Waals surface area contributed by atoms with Gasteiger partial charge in [-0.3, -0.25) is 4.79 Å². The van der Waals surface area contributed by atoms with E-state index < -0.39 is 0 Å². The number of aromatic nitrogens is 1. The molecule has 3 N–H and O–H groups in total. The molecule has 1 atom stereocenters. The number of H-pyrrole nitrogens is 1. The Morgan fingerprint density at radius 1 is 1.12 bits per heavy atom. The number of hydrogen-bond donors (Lipinski definition) is 2. The Balaban J connectivity index is 1.54. The maximum Gasteiger partial charge on any atom is 0.227 e. The fourth-order valence-electron chi connectivity index (χ4n) is 4.14. The first kappa shape index (κ1) is 16.9. The van der Waals surface area contributed by atoms with Gasteiger partial charge in [-0.15, -0.1) is 0 Å². The summed E-state index contributed by atoms with van der Waals surface area (Å²) in [6.45, 7) is 1.12. The third-order valence-electron chi connectivity index (χ3n) is 5.47. The van der Waals surface area contributed by atoms with Gasteiger partial charge in [0, 0.05) is 36.2 Å². The summed E-state index contributed by atoms with van der Waals surface area (Å²) in [4.78, 5) is 18.4. The van der Waals surface area contributed by atoms with E-state index in [1.165, 1.54) is 11.1 Å². The summed E-state index contributed by atoms with van der Waals surface area (Å²) in [5.74, 6) is 0.171. The van der Waals surface area contributed by atoms with Crippen LogP contribution >= 0.6 is 0 Å². The van der Waals surface area contributed by atoms with E-state index in [-0.39, 0.29) is 11.9 Å². The van der Waals surface area contributed by atoms with E-state index in [1.54, 1.807) is 0 Å². The second-order valence-corrected chi connectivity index (χ2v) is 7.08. The highest BCUT2D eigenvalue weighted by Crippen LogP contribution is 2.26. The second-order valence-electron chi connectivity index (χ2n) is 7.08. The van der Waals surface area contributed by atoms with Crippen molar-refractivity contribution in [1.82, 2.24) is 9.88 Å². The predicted molar refractivity (Wildman–Crippen MR) is 105 cm³/mol. The summed E-state index contributed by atoms with van der Waals surface area (Å²) in [5, 5.41) is 1.13. The Labute approximate surface area is 154 Å². The van der Waals surface area contributed by atoms with E-state index in [1.807, 2.05) is 29.3 Å². The number of nitrogens with one attached hydrogen (secondary N) is 1. The number of aromatic amines is 1. The molecule has 2 aromatic carbocycles. The quantitative estimate of drug-likeness (QED) is 0.745. The molecule has 4 nitrogen and oxygen atoms in total. The van der Waals surface area contributed by atoms with Crippen molar-refractivity contribution in [1.29, 1.82) is 0 Å². The topological polar surface area (TPSA) is 62.1 Å². The van der Waals surface area contributed by atoms with Gasteiger partial charge in [0.2, 0.25) is 5.91 Å². The largest absolute Gasteiger partial charge is 0.361 e. The van der Waals surface area contributed by atoms with Crippen molar-refractivity contribution < 1.29 is 4.79 Å². The van der Waals surface area contributed by atoms with Crippen LogP contribution in [0.25, 0.3) is 10.9 Å². The zero-order chi connectivity index (χ0) is 17.9. The van der Waals surface area contributed by atoms with Gasteiger partial charge in [-0.1, -0.05) is 42.5 Å². The summed E-state index contributed by atoms with van der Waals surface area (Å²) >= 11 is 0. The first-order chi connectivity index (χ1) is 12.8. The lowest BCUT2D eigenvalue weighted by atomic mass is 9.87. The van der Waals surface area contributed by atoms with Crippen LogP contribution in [0, 0.1) is 0 Å². The van der Waals surface area contributed by atoms with Crippen molar-refractivity contribution in [2.45, 2.75) is 31.7 Å².